The molecule has 0 spiro atoms. The Bertz CT molecular complexity index is 469. The van der Waals surface area contributed by atoms with E-state index in [1.807, 2.05) is 19.1 Å². The third-order valence-electron chi connectivity index (χ3n) is 2.60. The number of hydrogen-bond donors (Lipinski definition) is 2. The quantitative estimate of drug-likeness (QED) is 0.872. The van der Waals surface area contributed by atoms with Crippen LogP contribution < -0.4 is 10.6 Å². The highest BCUT2D eigenvalue weighted by Crippen LogP contribution is 2.10. The molecule has 6 nitrogen and oxygen atoms in total. The topological polar surface area (TPSA) is 80.3 Å². The molecule has 1 aromatic heterocycles. The Balaban J connectivity index is 2.27. The van der Waals surface area contributed by atoms with E-state index in [1.165, 1.54) is 0 Å². The minimum atomic E-state index is -0.539. The summed E-state index contributed by atoms with van der Waals surface area (Å²) in [5, 5.41) is 5.41. The first-order valence-corrected chi connectivity index (χ1v) is 6.94. The number of amides is 2. The van der Waals surface area contributed by atoms with Crippen molar-refractivity contribution in [3.63, 3.8) is 0 Å². The van der Waals surface area contributed by atoms with Crippen LogP contribution in [0.2, 0.25) is 0 Å². The molecule has 21 heavy (non-hydrogen) atoms. The number of carbonyl (C=O) groups excluding carboxylic acids is 2. The van der Waals surface area contributed by atoms with Gasteiger partial charge in [0.2, 0.25) is 5.91 Å². The lowest BCUT2D eigenvalue weighted by molar-refractivity contribution is -0.121. The third-order valence-corrected chi connectivity index (χ3v) is 2.60. The van der Waals surface area contributed by atoms with Gasteiger partial charge in [0.05, 0.1) is 6.04 Å². The summed E-state index contributed by atoms with van der Waals surface area (Å²) >= 11 is 0. The van der Waals surface area contributed by atoms with Crippen LogP contribution in [0.5, 0.6) is 0 Å². The summed E-state index contributed by atoms with van der Waals surface area (Å²) in [5.41, 5.74) is 0.445. The number of pyridine rings is 1. The highest BCUT2D eigenvalue weighted by atomic mass is 16.6. The van der Waals surface area contributed by atoms with Gasteiger partial charge in [-0.2, -0.15) is 0 Å². The van der Waals surface area contributed by atoms with Crippen LogP contribution in [0.3, 0.4) is 0 Å². The fourth-order valence-electron chi connectivity index (χ4n) is 1.64. The van der Waals surface area contributed by atoms with E-state index in [9.17, 15) is 9.59 Å². The van der Waals surface area contributed by atoms with E-state index in [0.29, 0.717) is 0 Å². The van der Waals surface area contributed by atoms with Crippen molar-refractivity contribution in [1.82, 2.24) is 15.6 Å². The summed E-state index contributed by atoms with van der Waals surface area (Å²) in [7, 11) is 0. The van der Waals surface area contributed by atoms with Gasteiger partial charge in [-0.3, -0.25) is 9.78 Å². The summed E-state index contributed by atoms with van der Waals surface area (Å²) in [6.07, 6.45) is 3.05. The van der Waals surface area contributed by atoms with Crippen molar-refractivity contribution in [2.75, 3.05) is 6.54 Å². The lowest BCUT2D eigenvalue weighted by Crippen LogP contribution is -2.35. The van der Waals surface area contributed by atoms with Crippen molar-refractivity contribution in [3.05, 3.63) is 30.1 Å². The van der Waals surface area contributed by atoms with Crippen LogP contribution >= 0.6 is 0 Å². The van der Waals surface area contributed by atoms with Crippen molar-refractivity contribution < 1.29 is 14.3 Å². The zero-order valence-corrected chi connectivity index (χ0v) is 13.0. The minimum absolute atomic E-state index is 0.0953. The SMILES string of the molecule is CC(NC(=O)CCNC(=O)OC(C)(C)C)c1ccncc1. The van der Waals surface area contributed by atoms with Gasteiger partial charge in [-0.15, -0.1) is 0 Å². The van der Waals surface area contributed by atoms with Gasteiger partial charge in [0.25, 0.3) is 0 Å². The lowest BCUT2D eigenvalue weighted by atomic mass is 10.1. The number of ether oxygens (including phenoxy) is 1. The molecule has 116 valence electrons. The zero-order chi connectivity index (χ0) is 15.9. The Morgan fingerprint density at radius 2 is 1.90 bits per heavy atom. The van der Waals surface area contributed by atoms with E-state index in [4.69, 9.17) is 4.74 Å². The van der Waals surface area contributed by atoms with Crippen LogP contribution in [0.1, 0.15) is 45.7 Å². The molecule has 6 heteroatoms. The third kappa shape index (κ3) is 7.29. The fraction of sp³-hybridized carbons (Fsp3) is 0.533. The normalized spacial score (nSPS) is 12.4. The van der Waals surface area contributed by atoms with Crippen LogP contribution in [-0.2, 0) is 9.53 Å². The highest BCUT2D eigenvalue weighted by Gasteiger charge is 2.16. The lowest BCUT2D eigenvalue weighted by Gasteiger charge is -2.19. The fourth-order valence-corrected chi connectivity index (χ4v) is 1.64. The van der Waals surface area contributed by atoms with Crippen molar-refractivity contribution in [1.29, 1.82) is 0 Å². The number of carbonyl (C=O) groups is 2. The van der Waals surface area contributed by atoms with E-state index in [2.05, 4.69) is 15.6 Å². The number of alkyl carbamates (subject to hydrolysis) is 1. The molecule has 0 aromatic carbocycles. The number of hydrogen-bond acceptors (Lipinski definition) is 4. The summed E-state index contributed by atoms with van der Waals surface area (Å²) < 4.78 is 5.08. The van der Waals surface area contributed by atoms with Gasteiger partial charge in [-0.25, -0.2) is 4.79 Å². The Morgan fingerprint density at radius 3 is 2.48 bits per heavy atom. The van der Waals surface area contributed by atoms with Crippen molar-refractivity contribution in [2.24, 2.45) is 0 Å². The summed E-state index contributed by atoms with van der Waals surface area (Å²) in [6, 6.07) is 3.61. The van der Waals surface area contributed by atoms with E-state index in [0.717, 1.165) is 5.56 Å². The molecule has 1 heterocycles. The van der Waals surface area contributed by atoms with Gasteiger partial charge in [0.1, 0.15) is 5.60 Å². The predicted molar refractivity (Wildman–Crippen MR) is 79.6 cm³/mol. The Hall–Kier alpha value is -2.11. The number of aromatic nitrogens is 1. The zero-order valence-electron chi connectivity index (χ0n) is 13.0. The molecule has 2 N–H and O–H groups in total. The van der Waals surface area contributed by atoms with Gasteiger partial charge in [-0.05, 0) is 45.4 Å². The van der Waals surface area contributed by atoms with Crippen molar-refractivity contribution >= 4 is 12.0 Å². The molecule has 0 fully saturated rings. The Morgan fingerprint density at radius 1 is 1.29 bits per heavy atom. The Labute approximate surface area is 125 Å². The van der Waals surface area contributed by atoms with Crippen LogP contribution in [0.15, 0.2) is 24.5 Å². The molecule has 0 aliphatic heterocycles. The number of nitrogens with zero attached hydrogens (tertiary/aromatic N) is 1. The predicted octanol–water partition coefficient (Wildman–Crippen LogP) is 2.17. The van der Waals surface area contributed by atoms with Crippen LogP contribution in [0.25, 0.3) is 0 Å². The van der Waals surface area contributed by atoms with Crippen molar-refractivity contribution in [3.8, 4) is 0 Å². The summed E-state index contributed by atoms with van der Waals surface area (Å²) in [4.78, 5) is 27.1. The minimum Gasteiger partial charge on any atom is -0.444 e. The molecule has 0 saturated heterocycles. The average molecular weight is 293 g/mol. The standard InChI is InChI=1S/C15H23N3O3/c1-11(12-5-8-16-9-6-12)18-13(19)7-10-17-14(20)21-15(2,3)4/h5-6,8-9,11H,7,10H2,1-4H3,(H,17,20)(H,18,19). The second-order valence-electron chi connectivity index (χ2n) is 5.75. The second kappa shape index (κ2) is 7.61. The molecule has 1 unspecified atom stereocenters. The maximum Gasteiger partial charge on any atom is 0.407 e. The largest absolute Gasteiger partial charge is 0.444 e. The van der Waals surface area contributed by atoms with Gasteiger partial charge >= 0.3 is 6.09 Å². The molecule has 0 aliphatic rings. The average Bonchev–Trinajstić information content (AvgIpc) is 2.37. The van der Waals surface area contributed by atoms with Gasteiger partial charge in [-0.1, -0.05) is 0 Å². The van der Waals surface area contributed by atoms with Gasteiger partial charge in [0, 0.05) is 25.4 Å². The monoisotopic (exact) mass is 293 g/mol. The molecule has 1 atom stereocenters. The Kier molecular flexibility index (Phi) is 6.14. The van der Waals surface area contributed by atoms with E-state index in [-0.39, 0.29) is 24.9 Å². The first kappa shape index (κ1) is 16.9. The van der Waals surface area contributed by atoms with E-state index >= 15 is 0 Å². The van der Waals surface area contributed by atoms with E-state index in [1.54, 1.807) is 33.2 Å². The maximum absolute atomic E-state index is 11.8. The molecular weight excluding hydrogens is 270 g/mol. The highest BCUT2D eigenvalue weighted by molar-refractivity contribution is 5.77. The van der Waals surface area contributed by atoms with Crippen LogP contribution in [0.4, 0.5) is 4.79 Å². The first-order valence-electron chi connectivity index (χ1n) is 6.94. The van der Waals surface area contributed by atoms with E-state index < -0.39 is 11.7 Å². The van der Waals surface area contributed by atoms with Gasteiger partial charge < -0.3 is 15.4 Å². The molecule has 0 radical (unpaired) electrons. The summed E-state index contributed by atoms with van der Waals surface area (Å²) in [6.45, 7) is 7.50. The molecule has 1 aromatic rings. The molecule has 2 amide bonds. The number of nitrogens with one attached hydrogen (secondary N) is 2. The maximum atomic E-state index is 11.8. The van der Waals surface area contributed by atoms with Crippen molar-refractivity contribution in [2.45, 2.75) is 45.8 Å². The summed E-state index contributed by atoms with van der Waals surface area (Å²) in [5.74, 6) is -0.129. The number of rotatable bonds is 5. The smallest absolute Gasteiger partial charge is 0.407 e. The molecule has 0 bridgehead atoms. The molecule has 0 saturated carbocycles. The van der Waals surface area contributed by atoms with Crippen LogP contribution in [-0.4, -0.2) is 29.1 Å². The van der Waals surface area contributed by atoms with Gasteiger partial charge in [0.15, 0.2) is 0 Å². The molecule has 0 aliphatic carbocycles. The molecular formula is C15H23N3O3. The van der Waals surface area contributed by atoms with Crippen LogP contribution in [0, 0.1) is 0 Å². The molecule has 1 rings (SSSR count). The first-order chi connectivity index (χ1) is 9.78. The second-order valence-corrected chi connectivity index (χ2v) is 5.75.